The van der Waals surface area contributed by atoms with Crippen molar-refractivity contribution in [3.8, 4) is 0 Å². The molecular formula is C21H15O4S-. The monoisotopic (exact) mass is 363 g/mol. The molecule has 130 valence electrons. The molecule has 5 heteroatoms. The van der Waals surface area contributed by atoms with E-state index in [0.717, 1.165) is 27.5 Å². The molecule has 0 aromatic heterocycles. The first-order valence-electron chi connectivity index (χ1n) is 8.16. The van der Waals surface area contributed by atoms with Crippen LogP contribution in [0, 0.1) is 0 Å². The lowest BCUT2D eigenvalue weighted by atomic mass is 9.94. The molecule has 0 saturated heterocycles. The lowest BCUT2D eigenvalue weighted by Crippen LogP contribution is -1.98. The van der Waals surface area contributed by atoms with Crippen LogP contribution in [-0.4, -0.2) is 21.3 Å². The van der Waals surface area contributed by atoms with Crippen LogP contribution in [0.1, 0.15) is 16.7 Å². The van der Waals surface area contributed by atoms with Gasteiger partial charge < -0.3 is 9.29 Å². The normalized spacial score (nSPS) is 15.3. The molecule has 0 spiro atoms. The van der Waals surface area contributed by atoms with E-state index in [1.54, 1.807) is 12.1 Å². The summed E-state index contributed by atoms with van der Waals surface area (Å²) in [5, 5.41) is 2.17. The SMILES string of the molecule is O=C1OCC(c2ccc(CS(=O)[O-])cc2)=C1c1ccc2ccccc2c1. The molecule has 1 aliphatic heterocycles. The molecule has 1 unspecified atom stereocenters. The molecule has 4 nitrogen and oxygen atoms in total. The van der Waals surface area contributed by atoms with Crippen molar-refractivity contribution < 1.29 is 18.3 Å². The standard InChI is InChI=1S/C21H16O4S/c22-21-20(18-10-9-15-3-1-2-4-17(15)11-18)19(12-25-21)16-7-5-14(6-8-16)13-26(23)24/h1-11H,12-13H2,(H,23,24)/p-1. The van der Waals surface area contributed by atoms with Gasteiger partial charge in [0.05, 0.1) is 5.57 Å². The second-order valence-corrected chi connectivity index (χ2v) is 7.03. The molecule has 0 aliphatic carbocycles. The Labute approximate surface area is 153 Å². The molecule has 0 fully saturated rings. The van der Waals surface area contributed by atoms with Crippen molar-refractivity contribution in [2.45, 2.75) is 5.75 Å². The number of ether oxygens (including phenoxy) is 1. The van der Waals surface area contributed by atoms with Gasteiger partial charge in [-0.2, -0.15) is 0 Å². The van der Waals surface area contributed by atoms with Crippen LogP contribution in [0.15, 0.2) is 66.7 Å². The van der Waals surface area contributed by atoms with E-state index in [4.69, 9.17) is 4.74 Å². The first kappa shape index (κ1) is 16.7. The minimum atomic E-state index is -2.12. The van der Waals surface area contributed by atoms with E-state index in [1.807, 2.05) is 54.6 Å². The van der Waals surface area contributed by atoms with Crippen LogP contribution in [0.5, 0.6) is 0 Å². The van der Waals surface area contributed by atoms with Crippen LogP contribution in [0.2, 0.25) is 0 Å². The van der Waals surface area contributed by atoms with Crippen molar-refractivity contribution >= 4 is 39.0 Å². The van der Waals surface area contributed by atoms with Crippen LogP contribution in [0.25, 0.3) is 21.9 Å². The van der Waals surface area contributed by atoms with Crippen molar-refractivity contribution in [1.29, 1.82) is 0 Å². The Kier molecular flexibility index (Phi) is 4.41. The molecular weight excluding hydrogens is 348 g/mol. The average molecular weight is 363 g/mol. The average Bonchev–Trinajstić information content (AvgIpc) is 3.03. The maximum Gasteiger partial charge on any atom is 0.339 e. The molecule has 0 bridgehead atoms. The van der Waals surface area contributed by atoms with Crippen molar-refractivity contribution in [2.75, 3.05) is 6.61 Å². The van der Waals surface area contributed by atoms with Crippen molar-refractivity contribution in [3.63, 3.8) is 0 Å². The minimum absolute atomic E-state index is 0.0215. The third-order valence-electron chi connectivity index (χ3n) is 4.48. The molecule has 4 rings (SSSR count). The summed E-state index contributed by atoms with van der Waals surface area (Å²) in [6, 6.07) is 21.1. The number of benzene rings is 3. The van der Waals surface area contributed by atoms with Gasteiger partial charge in [-0.25, -0.2) is 4.79 Å². The number of rotatable bonds is 4. The molecule has 3 aromatic rings. The van der Waals surface area contributed by atoms with Gasteiger partial charge in [0.1, 0.15) is 6.61 Å². The number of carbonyl (C=O) groups is 1. The fourth-order valence-electron chi connectivity index (χ4n) is 3.21. The summed E-state index contributed by atoms with van der Waals surface area (Å²) in [5.41, 5.74) is 3.78. The molecule has 26 heavy (non-hydrogen) atoms. The summed E-state index contributed by atoms with van der Waals surface area (Å²) in [6.45, 7) is 0.216. The van der Waals surface area contributed by atoms with Gasteiger partial charge in [0.2, 0.25) is 0 Å². The lowest BCUT2D eigenvalue weighted by Gasteiger charge is -2.08. The first-order chi connectivity index (χ1) is 12.6. The summed E-state index contributed by atoms with van der Waals surface area (Å²) < 4.78 is 26.9. The van der Waals surface area contributed by atoms with Gasteiger partial charge in [-0.1, -0.05) is 71.7 Å². The highest BCUT2D eigenvalue weighted by Crippen LogP contribution is 2.34. The van der Waals surface area contributed by atoms with Crippen LogP contribution in [0.3, 0.4) is 0 Å². The Bertz CT molecular complexity index is 1050. The summed E-state index contributed by atoms with van der Waals surface area (Å²) in [6.07, 6.45) is 0. The number of hydrogen-bond donors (Lipinski definition) is 0. The predicted octanol–water partition coefficient (Wildman–Crippen LogP) is 3.69. The van der Waals surface area contributed by atoms with Crippen LogP contribution in [0.4, 0.5) is 0 Å². The fourth-order valence-corrected chi connectivity index (χ4v) is 3.67. The number of cyclic esters (lactones) is 1. The quantitative estimate of drug-likeness (QED) is 0.524. The van der Waals surface area contributed by atoms with Gasteiger partial charge in [-0.15, -0.1) is 0 Å². The molecule has 0 saturated carbocycles. The maximum absolute atomic E-state index is 12.3. The smallest absolute Gasteiger partial charge is 0.339 e. The van der Waals surface area contributed by atoms with Gasteiger partial charge >= 0.3 is 5.97 Å². The predicted molar refractivity (Wildman–Crippen MR) is 101 cm³/mol. The highest BCUT2D eigenvalue weighted by Gasteiger charge is 2.27. The Morgan fingerprint density at radius 2 is 1.62 bits per heavy atom. The van der Waals surface area contributed by atoms with Gasteiger partial charge in [0.15, 0.2) is 0 Å². The van der Waals surface area contributed by atoms with E-state index in [-0.39, 0.29) is 18.3 Å². The molecule has 0 amide bonds. The molecule has 0 radical (unpaired) electrons. The van der Waals surface area contributed by atoms with E-state index < -0.39 is 11.1 Å². The van der Waals surface area contributed by atoms with Crippen LogP contribution in [-0.2, 0) is 26.4 Å². The van der Waals surface area contributed by atoms with E-state index in [1.165, 1.54) is 0 Å². The third-order valence-corrected chi connectivity index (χ3v) is 5.05. The summed E-state index contributed by atoms with van der Waals surface area (Å²) in [5.74, 6) is -0.355. The molecule has 3 aromatic carbocycles. The van der Waals surface area contributed by atoms with Gasteiger partial charge in [-0.05, 0) is 33.5 Å². The minimum Gasteiger partial charge on any atom is -0.772 e. The maximum atomic E-state index is 12.3. The Morgan fingerprint density at radius 3 is 2.35 bits per heavy atom. The molecule has 0 N–H and O–H groups in total. The van der Waals surface area contributed by atoms with Crippen LogP contribution >= 0.6 is 0 Å². The van der Waals surface area contributed by atoms with E-state index in [9.17, 15) is 13.6 Å². The Morgan fingerprint density at radius 1 is 0.923 bits per heavy atom. The first-order valence-corrected chi connectivity index (χ1v) is 9.41. The van der Waals surface area contributed by atoms with Crippen LogP contribution < -0.4 is 0 Å². The zero-order chi connectivity index (χ0) is 18.1. The molecule has 1 heterocycles. The van der Waals surface area contributed by atoms with Gasteiger partial charge in [0, 0.05) is 11.3 Å². The van der Waals surface area contributed by atoms with Crippen molar-refractivity contribution in [3.05, 3.63) is 83.4 Å². The van der Waals surface area contributed by atoms with Gasteiger partial charge in [-0.3, -0.25) is 4.21 Å². The largest absolute Gasteiger partial charge is 0.772 e. The number of hydrogen-bond acceptors (Lipinski definition) is 4. The zero-order valence-electron chi connectivity index (χ0n) is 13.8. The molecule has 1 aliphatic rings. The zero-order valence-corrected chi connectivity index (χ0v) is 14.6. The highest BCUT2D eigenvalue weighted by molar-refractivity contribution is 7.78. The number of fused-ring (bicyclic) bond motifs is 1. The topological polar surface area (TPSA) is 66.4 Å². The second kappa shape index (κ2) is 6.86. The van der Waals surface area contributed by atoms with Crippen molar-refractivity contribution in [1.82, 2.24) is 0 Å². The summed E-state index contributed by atoms with van der Waals surface area (Å²) >= 11 is -2.12. The highest BCUT2D eigenvalue weighted by atomic mass is 32.2. The van der Waals surface area contributed by atoms with E-state index >= 15 is 0 Å². The number of carbonyl (C=O) groups excluding carboxylic acids is 1. The third kappa shape index (κ3) is 3.19. The second-order valence-electron chi connectivity index (χ2n) is 6.14. The fraction of sp³-hybridized carbons (Fsp3) is 0.0952. The van der Waals surface area contributed by atoms with E-state index in [2.05, 4.69) is 0 Å². The Hall–Kier alpha value is -2.76. The molecule has 1 atom stereocenters. The van der Waals surface area contributed by atoms with E-state index in [0.29, 0.717) is 11.1 Å². The van der Waals surface area contributed by atoms with Crippen molar-refractivity contribution in [2.24, 2.45) is 0 Å². The van der Waals surface area contributed by atoms with Gasteiger partial charge in [0.25, 0.3) is 0 Å². The lowest BCUT2D eigenvalue weighted by molar-refractivity contribution is -0.133. The summed E-state index contributed by atoms with van der Waals surface area (Å²) in [4.78, 5) is 12.3. The number of esters is 1. The summed E-state index contributed by atoms with van der Waals surface area (Å²) in [7, 11) is 0. The Balaban J connectivity index is 1.78.